The van der Waals surface area contributed by atoms with Gasteiger partial charge < -0.3 is 14.6 Å². The number of carbonyl (C=O) groups is 1. The van der Waals surface area contributed by atoms with Crippen LogP contribution in [0.2, 0.25) is 0 Å². The van der Waals surface area contributed by atoms with E-state index in [1.165, 1.54) is 15.3 Å². The van der Waals surface area contributed by atoms with Gasteiger partial charge in [0.2, 0.25) is 15.9 Å². The number of nitrogens with one attached hydrogen (secondary N) is 1. The van der Waals surface area contributed by atoms with Gasteiger partial charge >= 0.3 is 0 Å². The second kappa shape index (κ2) is 9.99. The molecule has 2 fully saturated rings. The van der Waals surface area contributed by atoms with Crippen LogP contribution in [0.3, 0.4) is 0 Å². The molecule has 35 heavy (non-hydrogen) atoms. The minimum Gasteiger partial charge on any atom is -0.494 e. The number of ether oxygens (including phenoxy) is 1. The van der Waals surface area contributed by atoms with Crippen LogP contribution in [0.1, 0.15) is 44.1 Å². The molecule has 1 N–H and O–H groups in total. The van der Waals surface area contributed by atoms with Crippen LogP contribution in [0.25, 0.3) is 11.0 Å². The van der Waals surface area contributed by atoms with E-state index in [0.29, 0.717) is 44.2 Å². The first-order chi connectivity index (χ1) is 17.0. The van der Waals surface area contributed by atoms with Crippen LogP contribution >= 0.6 is 0 Å². The van der Waals surface area contributed by atoms with E-state index in [1.807, 2.05) is 17.9 Å². The van der Waals surface area contributed by atoms with Crippen LogP contribution in [0.5, 0.6) is 5.75 Å². The molecule has 2 aliphatic heterocycles. The first-order valence-electron chi connectivity index (χ1n) is 12.4. The number of aromatic nitrogens is 2. The van der Waals surface area contributed by atoms with Gasteiger partial charge in [-0.05, 0) is 80.5 Å². The van der Waals surface area contributed by atoms with Crippen molar-refractivity contribution in [2.24, 2.45) is 5.92 Å². The summed E-state index contributed by atoms with van der Waals surface area (Å²) >= 11 is 0. The van der Waals surface area contributed by atoms with Crippen molar-refractivity contribution in [2.75, 3.05) is 32.8 Å². The highest BCUT2D eigenvalue weighted by Crippen LogP contribution is 2.34. The van der Waals surface area contributed by atoms with E-state index in [4.69, 9.17) is 4.74 Å². The number of piperidine rings is 2. The van der Waals surface area contributed by atoms with Crippen LogP contribution in [-0.2, 0) is 14.8 Å². The zero-order valence-corrected chi connectivity index (χ0v) is 20.8. The lowest BCUT2D eigenvalue weighted by atomic mass is 9.88. The van der Waals surface area contributed by atoms with E-state index in [9.17, 15) is 13.2 Å². The third kappa shape index (κ3) is 4.79. The molecule has 9 heteroatoms. The lowest BCUT2D eigenvalue weighted by Crippen LogP contribution is -2.46. The van der Waals surface area contributed by atoms with Crippen molar-refractivity contribution in [3.05, 3.63) is 54.4 Å². The minimum absolute atomic E-state index is 0.115. The molecule has 186 valence electrons. The van der Waals surface area contributed by atoms with E-state index < -0.39 is 10.0 Å². The number of benzene rings is 1. The first kappa shape index (κ1) is 23.8. The largest absolute Gasteiger partial charge is 0.494 e. The van der Waals surface area contributed by atoms with Gasteiger partial charge in [0.1, 0.15) is 11.4 Å². The predicted molar refractivity (Wildman–Crippen MR) is 134 cm³/mol. The van der Waals surface area contributed by atoms with Gasteiger partial charge in [-0.3, -0.25) is 4.79 Å². The highest BCUT2D eigenvalue weighted by atomic mass is 32.2. The summed E-state index contributed by atoms with van der Waals surface area (Å²) in [6.45, 7) is 4.63. The quantitative estimate of drug-likeness (QED) is 0.561. The summed E-state index contributed by atoms with van der Waals surface area (Å²) in [5.41, 5.74) is 2.20. The van der Waals surface area contributed by atoms with Gasteiger partial charge in [0.05, 0.1) is 11.5 Å². The maximum Gasteiger partial charge on any atom is 0.243 e. The lowest BCUT2D eigenvalue weighted by Gasteiger charge is -2.37. The summed E-state index contributed by atoms with van der Waals surface area (Å²) in [4.78, 5) is 23.1. The van der Waals surface area contributed by atoms with E-state index in [2.05, 4.69) is 22.2 Å². The molecule has 0 saturated carbocycles. The van der Waals surface area contributed by atoms with Crippen molar-refractivity contribution < 1.29 is 17.9 Å². The summed E-state index contributed by atoms with van der Waals surface area (Å²) in [5, 5.41) is 1.17. The Labute approximate surface area is 206 Å². The Morgan fingerprint density at radius 2 is 1.77 bits per heavy atom. The molecule has 5 rings (SSSR count). The number of H-pyrrole nitrogens is 1. The van der Waals surface area contributed by atoms with Crippen molar-refractivity contribution in [1.29, 1.82) is 0 Å². The van der Waals surface area contributed by atoms with Gasteiger partial charge in [0.15, 0.2) is 0 Å². The number of fused-ring (bicyclic) bond motifs is 1. The fraction of sp³-hybridized carbons (Fsp3) is 0.462. The number of sulfonamides is 1. The standard InChI is InChI=1S/C26H32N4O4S/c1-2-34-21-5-7-22(8-6-21)35(32,33)30-16-11-20(12-17-30)26(31)29-14-9-19(10-15-29)24-18-28-25-23(24)4-3-13-27-25/h3-8,13,18-20H,2,9-12,14-17H2,1H3,(H,27,28). The maximum atomic E-state index is 13.2. The topological polar surface area (TPSA) is 95.6 Å². The molecule has 0 unspecified atom stereocenters. The van der Waals surface area contributed by atoms with Crippen molar-refractivity contribution in [3.63, 3.8) is 0 Å². The SMILES string of the molecule is CCOc1ccc(S(=O)(=O)N2CCC(C(=O)N3CCC(c4c[nH]c5ncccc45)CC3)CC2)cc1. The molecule has 4 heterocycles. The number of aromatic amines is 1. The molecule has 0 atom stereocenters. The molecule has 2 aliphatic rings. The Morgan fingerprint density at radius 1 is 1.06 bits per heavy atom. The second-order valence-electron chi connectivity index (χ2n) is 9.33. The zero-order valence-electron chi connectivity index (χ0n) is 20.0. The van der Waals surface area contributed by atoms with E-state index in [1.54, 1.807) is 30.5 Å². The number of rotatable bonds is 6. The molecule has 1 aromatic carbocycles. The van der Waals surface area contributed by atoms with Gasteiger partial charge in [-0.15, -0.1) is 0 Å². The van der Waals surface area contributed by atoms with Crippen LogP contribution in [0.15, 0.2) is 53.7 Å². The molecule has 2 saturated heterocycles. The van der Waals surface area contributed by atoms with E-state index >= 15 is 0 Å². The van der Waals surface area contributed by atoms with Gasteiger partial charge in [-0.2, -0.15) is 4.31 Å². The summed E-state index contributed by atoms with van der Waals surface area (Å²) < 4.78 is 33.0. The molecule has 0 spiro atoms. The second-order valence-corrected chi connectivity index (χ2v) is 11.3. The Bertz CT molecular complexity index is 1270. The third-order valence-electron chi connectivity index (χ3n) is 7.31. The fourth-order valence-electron chi connectivity index (χ4n) is 5.35. The Kier molecular flexibility index (Phi) is 6.80. The van der Waals surface area contributed by atoms with Crippen molar-refractivity contribution in [2.45, 2.75) is 43.4 Å². The third-order valence-corrected chi connectivity index (χ3v) is 9.22. The van der Waals surface area contributed by atoms with Gasteiger partial charge in [-0.1, -0.05) is 0 Å². The Hall–Kier alpha value is -2.91. The van der Waals surface area contributed by atoms with Crippen molar-refractivity contribution in [1.82, 2.24) is 19.2 Å². The minimum atomic E-state index is -3.57. The van der Waals surface area contributed by atoms with Crippen molar-refractivity contribution >= 4 is 27.0 Å². The number of amides is 1. The first-order valence-corrected chi connectivity index (χ1v) is 13.8. The highest BCUT2D eigenvalue weighted by molar-refractivity contribution is 7.89. The van der Waals surface area contributed by atoms with E-state index in [-0.39, 0.29) is 16.7 Å². The van der Waals surface area contributed by atoms with Crippen LogP contribution in [-0.4, -0.2) is 66.3 Å². The summed E-state index contributed by atoms with van der Waals surface area (Å²) in [7, 11) is -3.57. The smallest absolute Gasteiger partial charge is 0.243 e. The van der Waals surface area contributed by atoms with Gasteiger partial charge in [0.25, 0.3) is 0 Å². The van der Waals surface area contributed by atoms with Crippen LogP contribution < -0.4 is 4.74 Å². The molecule has 0 bridgehead atoms. The average molecular weight is 497 g/mol. The number of hydrogen-bond acceptors (Lipinski definition) is 5. The monoisotopic (exact) mass is 496 g/mol. The normalized spacial score (nSPS) is 18.7. The average Bonchev–Trinajstić information content (AvgIpc) is 3.33. The summed E-state index contributed by atoms with van der Waals surface area (Å²) in [6, 6.07) is 10.6. The molecule has 1 amide bonds. The number of likely N-dealkylation sites (tertiary alicyclic amines) is 1. The molecule has 0 radical (unpaired) electrons. The lowest BCUT2D eigenvalue weighted by molar-refractivity contribution is -0.137. The number of nitrogens with zero attached hydrogens (tertiary/aromatic N) is 3. The zero-order chi connectivity index (χ0) is 24.4. The van der Waals surface area contributed by atoms with Gasteiger partial charge in [-0.25, -0.2) is 13.4 Å². The molecular weight excluding hydrogens is 464 g/mol. The Balaban J connectivity index is 1.15. The van der Waals surface area contributed by atoms with E-state index in [0.717, 1.165) is 31.6 Å². The van der Waals surface area contributed by atoms with Crippen LogP contribution in [0, 0.1) is 5.92 Å². The van der Waals surface area contributed by atoms with Crippen molar-refractivity contribution in [3.8, 4) is 5.75 Å². The van der Waals surface area contributed by atoms with Gasteiger partial charge in [0, 0.05) is 49.9 Å². The summed E-state index contributed by atoms with van der Waals surface area (Å²) in [6.07, 6.45) is 6.82. The highest BCUT2D eigenvalue weighted by Gasteiger charge is 2.35. The molecule has 8 nitrogen and oxygen atoms in total. The molecule has 3 aromatic rings. The Morgan fingerprint density at radius 3 is 2.46 bits per heavy atom. The summed E-state index contributed by atoms with van der Waals surface area (Å²) in [5.74, 6) is 1.12. The maximum absolute atomic E-state index is 13.2. The number of hydrogen-bond donors (Lipinski definition) is 1. The number of pyridine rings is 1. The van der Waals surface area contributed by atoms with Crippen LogP contribution in [0.4, 0.5) is 0 Å². The fourth-order valence-corrected chi connectivity index (χ4v) is 6.82. The molecule has 2 aromatic heterocycles. The molecule has 0 aliphatic carbocycles. The number of carbonyl (C=O) groups excluding carboxylic acids is 1. The predicted octanol–water partition coefficient (Wildman–Crippen LogP) is 3.77. The molecular formula is C26H32N4O4S.